The van der Waals surface area contributed by atoms with E-state index in [9.17, 15) is 9.59 Å². The van der Waals surface area contributed by atoms with Crippen molar-refractivity contribution in [2.24, 2.45) is 0 Å². The normalized spacial score (nSPS) is 11.0. The lowest BCUT2D eigenvalue weighted by molar-refractivity contribution is 0.0952. The number of hydrogen-bond donors (Lipinski definition) is 1. The topological polar surface area (TPSA) is 63.5 Å². The van der Waals surface area contributed by atoms with E-state index in [2.05, 4.69) is 10.3 Å². The lowest BCUT2D eigenvalue weighted by Crippen LogP contribution is -2.25. The molecule has 0 aliphatic rings. The third-order valence-corrected chi connectivity index (χ3v) is 4.66. The molecule has 27 heavy (non-hydrogen) atoms. The number of aryl methyl sites for hydroxylation is 1. The molecule has 4 aromatic rings. The van der Waals surface area contributed by atoms with Crippen molar-refractivity contribution in [3.63, 3.8) is 0 Å². The zero-order chi connectivity index (χ0) is 19.0. The third kappa shape index (κ3) is 3.29. The van der Waals surface area contributed by atoms with Crippen LogP contribution in [0.25, 0.3) is 16.6 Å². The first-order chi connectivity index (χ1) is 13.0. The largest absolute Gasteiger partial charge is 0.348 e. The highest BCUT2D eigenvalue weighted by Gasteiger charge is 2.14. The molecular formula is C21H16ClN3O2. The molecule has 0 saturated heterocycles. The first-order valence-electron chi connectivity index (χ1n) is 8.47. The van der Waals surface area contributed by atoms with Crippen LogP contribution in [0.1, 0.15) is 21.5 Å². The Bertz CT molecular complexity index is 1230. The molecule has 5 nitrogen and oxygen atoms in total. The van der Waals surface area contributed by atoms with Gasteiger partial charge in [0.15, 0.2) is 5.65 Å². The number of rotatable bonds is 3. The first kappa shape index (κ1) is 17.2. The number of benzene rings is 2. The fourth-order valence-corrected chi connectivity index (χ4v) is 3.13. The van der Waals surface area contributed by atoms with Crippen LogP contribution in [-0.2, 0) is 6.54 Å². The molecule has 2 aromatic carbocycles. The Kier molecular flexibility index (Phi) is 4.38. The summed E-state index contributed by atoms with van der Waals surface area (Å²) in [5.74, 6) is -0.290. The Morgan fingerprint density at radius 1 is 1.15 bits per heavy atom. The van der Waals surface area contributed by atoms with Gasteiger partial charge in [-0.25, -0.2) is 4.98 Å². The summed E-state index contributed by atoms with van der Waals surface area (Å²) in [5, 5.41) is 3.82. The van der Waals surface area contributed by atoms with Crippen molar-refractivity contribution in [1.29, 1.82) is 0 Å². The van der Waals surface area contributed by atoms with Gasteiger partial charge in [0, 0.05) is 17.8 Å². The quantitative estimate of drug-likeness (QED) is 0.553. The van der Waals surface area contributed by atoms with Crippen LogP contribution in [0.5, 0.6) is 0 Å². The van der Waals surface area contributed by atoms with Gasteiger partial charge in [-0.05, 0) is 42.8 Å². The van der Waals surface area contributed by atoms with Gasteiger partial charge in [0.2, 0.25) is 0 Å². The van der Waals surface area contributed by atoms with Crippen LogP contribution in [0.4, 0.5) is 0 Å². The van der Waals surface area contributed by atoms with E-state index in [-0.39, 0.29) is 11.5 Å². The molecule has 0 spiro atoms. The number of pyridine rings is 1. The summed E-state index contributed by atoms with van der Waals surface area (Å²) in [7, 11) is 0. The molecule has 0 bridgehead atoms. The number of amides is 1. The number of fused-ring (bicyclic) bond motifs is 2. The fraction of sp³-hybridized carbons (Fsp3) is 0.0952. The van der Waals surface area contributed by atoms with Crippen molar-refractivity contribution in [2.45, 2.75) is 13.5 Å². The zero-order valence-corrected chi connectivity index (χ0v) is 15.3. The highest BCUT2D eigenvalue weighted by atomic mass is 35.5. The molecular weight excluding hydrogens is 362 g/mol. The maximum atomic E-state index is 12.7. The van der Waals surface area contributed by atoms with Crippen LogP contribution >= 0.6 is 11.6 Å². The van der Waals surface area contributed by atoms with Crippen molar-refractivity contribution in [3.05, 3.63) is 92.9 Å². The summed E-state index contributed by atoms with van der Waals surface area (Å²) < 4.78 is 1.39. The van der Waals surface area contributed by atoms with Gasteiger partial charge in [-0.15, -0.1) is 0 Å². The second-order valence-corrected chi connectivity index (χ2v) is 6.80. The second-order valence-electron chi connectivity index (χ2n) is 6.36. The summed E-state index contributed by atoms with van der Waals surface area (Å²) in [6.07, 6.45) is 1.61. The average molecular weight is 378 g/mol. The molecule has 2 heterocycles. The first-order valence-corrected chi connectivity index (χ1v) is 8.85. The molecule has 0 atom stereocenters. The number of hydrogen-bond acceptors (Lipinski definition) is 3. The average Bonchev–Trinajstić information content (AvgIpc) is 2.67. The summed E-state index contributed by atoms with van der Waals surface area (Å²) in [6.45, 7) is 2.41. The van der Waals surface area contributed by atoms with Gasteiger partial charge >= 0.3 is 0 Å². The van der Waals surface area contributed by atoms with Crippen molar-refractivity contribution >= 4 is 34.1 Å². The van der Waals surface area contributed by atoms with Gasteiger partial charge in [-0.3, -0.25) is 14.0 Å². The third-order valence-electron chi connectivity index (χ3n) is 4.42. The van der Waals surface area contributed by atoms with Crippen LogP contribution < -0.4 is 10.9 Å². The maximum absolute atomic E-state index is 12.7. The highest BCUT2D eigenvalue weighted by molar-refractivity contribution is 6.31. The van der Waals surface area contributed by atoms with E-state index in [1.807, 2.05) is 31.2 Å². The van der Waals surface area contributed by atoms with E-state index < -0.39 is 0 Å². The van der Waals surface area contributed by atoms with Gasteiger partial charge in [0.05, 0.1) is 16.5 Å². The van der Waals surface area contributed by atoms with E-state index in [4.69, 9.17) is 11.6 Å². The molecule has 4 rings (SSSR count). The number of aromatic nitrogens is 2. The smallest absolute Gasteiger partial charge is 0.265 e. The lowest BCUT2D eigenvalue weighted by atomic mass is 10.1. The fourth-order valence-electron chi connectivity index (χ4n) is 2.96. The van der Waals surface area contributed by atoms with Crippen LogP contribution in [-0.4, -0.2) is 15.3 Å². The van der Waals surface area contributed by atoms with Crippen LogP contribution in [0.2, 0.25) is 5.02 Å². The lowest BCUT2D eigenvalue weighted by Gasteiger charge is -2.10. The Morgan fingerprint density at radius 3 is 2.70 bits per heavy atom. The van der Waals surface area contributed by atoms with Crippen molar-refractivity contribution in [2.75, 3.05) is 0 Å². The molecule has 0 radical (unpaired) electrons. The van der Waals surface area contributed by atoms with Gasteiger partial charge in [0.25, 0.3) is 11.5 Å². The number of carbonyl (C=O) groups is 1. The molecule has 0 aliphatic carbocycles. The zero-order valence-electron chi connectivity index (χ0n) is 14.6. The van der Waals surface area contributed by atoms with E-state index in [0.717, 1.165) is 11.1 Å². The minimum atomic E-state index is -0.290. The Hall–Kier alpha value is -3.18. The molecule has 1 N–H and O–H groups in total. The monoisotopic (exact) mass is 377 g/mol. The van der Waals surface area contributed by atoms with Gasteiger partial charge in [-0.1, -0.05) is 41.4 Å². The Balaban J connectivity index is 1.74. The minimum absolute atomic E-state index is 0.236. The predicted octanol–water partition coefficient (Wildman–Crippen LogP) is 3.74. The van der Waals surface area contributed by atoms with E-state index >= 15 is 0 Å². The van der Waals surface area contributed by atoms with Crippen LogP contribution in [0.3, 0.4) is 0 Å². The van der Waals surface area contributed by atoms with E-state index in [1.165, 1.54) is 4.40 Å². The number of nitrogens with one attached hydrogen (secondary N) is 1. The molecule has 2 aromatic heterocycles. The van der Waals surface area contributed by atoms with Crippen molar-refractivity contribution < 1.29 is 4.79 Å². The van der Waals surface area contributed by atoms with Crippen LogP contribution in [0, 0.1) is 6.92 Å². The molecule has 1 amide bonds. The number of nitrogens with zero attached hydrogens (tertiary/aromatic N) is 2. The SMILES string of the molecule is Cc1ccc(CNC(=O)c2cccn3c(=O)c4ccc(Cl)cc4nc23)cc1. The molecule has 134 valence electrons. The molecule has 0 fully saturated rings. The molecule has 0 saturated carbocycles. The van der Waals surface area contributed by atoms with Gasteiger partial charge < -0.3 is 5.32 Å². The highest BCUT2D eigenvalue weighted by Crippen LogP contribution is 2.17. The predicted molar refractivity (Wildman–Crippen MR) is 106 cm³/mol. The van der Waals surface area contributed by atoms with Crippen molar-refractivity contribution in [3.8, 4) is 0 Å². The molecule has 0 unspecified atom stereocenters. The second kappa shape index (κ2) is 6.85. The standard InChI is InChI=1S/C21H16ClN3O2/c1-13-4-6-14(7-5-13)12-23-20(26)17-3-2-10-25-19(17)24-18-11-15(22)8-9-16(18)21(25)27/h2-11H,12H2,1H3,(H,23,26). The van der Waals surface area contributed by atoms with E-state index in [1.54, 1.807) is 36.5 Å². The maximum Gasteiger partial charge on any atom is 0.265 e. The summed E-state index contributed by atoms with van der Waals surface area (Å²) >= 11 is 6.03. The Labute approximate surface area is 160 Å². The summed E-state index contributed by atoms with van der Waals surface area (Å²) in [6, 6.07) is 16.2. The van der Waals surface area contributed by atoms with E-state index in [0.29, 0.717) is 33.7 Å². The number of halogens is 1. The minimum Gasteiger partial charge on any atom is -0.348 e. The number of carbonyl (C=O) groups excluding carboxylic acids is 1. The summed E-state index contributed by atoms with van der Waals surface area (Å²) in [4.78, 5) is 30.0. The summed E-state index contributed by atoms with van der Waals surface area (Å²) in [5.41, 5.74) is 3.03. The van der Waals surface area contributed by atoms with Crippen molar-refractivity contribution in [1.82, 2.24) is 14.7 Å². The van der Waals surface area contributed by atoms with Gasteiger partial charge in [-0.2, -0.15) is 0 Å². The Morgan fingerprint density at radius 2 is 1.93 bits per heavy atom. The molecule has 0 aliphatic heterocycles. The van der Waals surface area contributed by atoms with Crippen LogP contribution in [0.15, 0.2) is 65.6 Å². The molecule has 6 heteroatoms. The van der Waals surface area contributed by atoms with Gasteiger partial charge in [0.1, 0.15) is 0 Å².